The van der Waals surface area contributed by atoms with E-state index in [1.807, 2.05) is 0 Å². The predicted octanol–water partition coefficient (Wildman–Crippen LogP) is -0.530. The highest BCUT2D eigenvalue weighted by atomic mass is 16.3. The summed E-state index contributed by atoms with van der Waals surface area (Å²) in [7, 11) is 0. The van der Waals surface area contributed by atoms with Gasteiger partial charge >= 0.3 is 0 Å². The van der Waals surface area contributed by atoms with Crippen molar-refractivity contribution in [3.63, 3.8) is 0 Å². The molecule has 2 N–H and O–H groups in total. The van der Waals surface area contributed by atoms with E-state index >= 15 is 0 Å². The number of aliphatic hydroxyl groups excluding tert-OH is 2. The molecule has 0 aromatic rings. The lowest BCUT2D eigenvalue weighted by Gasteiger charge is -2.11. The molecule has 0 aromatic heterocycles. The molecule has 0 bridgehead atoms. The molecule has 10 heavy (non-hydrogen) atoms. The van der Waals surface area contributed by atoms with Crippen molar-refractivity contribution in [2.45, 2.75) is 0 Å². The van der Waals surface area contributed by atoms with Crippen molar-refractivity contribution in [1.82, 2.24) is 0 Å². The van der Waals surface area contributed by atoms with Gasteiger partial charge in [-0.2, -0.15) is 0 Å². The van der Waals surface area contributed by atoms with Crippen molar-refractivity contribution in [2.75, 3.05) is 13.2 Å². The zero-order valence-corrected chi connectivity index (χ0v) is 5.62. The van der Waals surface area contributed by atoms with E-state index in [0.29, 0.717) is 0 Å². The van der Waals surface area contributed by atoms with Gasteiger partial charge in [0.15, 0.2) is 0 Å². The Labute approximate surface area is 60.9 Å². The van der Waals surface area contributed by atoms with E-state index in [9.17, 15) is 0 Å². The molecule has 0 aliphatic heterocycles. The standard InChI is InChI=1S/C8H10O2/c1-3-7(5-9)8(4-2)6-10/h1-2,7-10H,5-6H2. The first-order valence-corrected chi connectivity index (χ1v) is 2.94. The molecular formula is C8H10O2. The minimum Gasteiger partial charge on any atom is -0.395 e. The van der Waals surface area contributed by atoms with Gasteiger partial charge in [0.25, 0.3) is 0 Å². The van der Waals surface area contributed by atoms with Gasteiger partial charge in [-0.15, -0.1) is 12.8 Å². The normalized spacial score (nSPS) is 14.8. The third kappa shape index (κ3) is 2.11. The second kappa shape index (κ2) is 4.88. The second-order valence-corrected chi connectivity index (χ2v) is 1.91. The van der Waals surface area contributed by atoms with Crippen molar-refractivity contribution in [1.29, 1.82) is 0 Å². The van der Waals surface area contributed by atoms with Gasteiger partial charge in [-0.3, -0.25) is 0 Å². The zero-order chi connectivity index (χ0) is 7.98. The van der Waals surface area contributed by atoms with Gasteiger partial charge in [0, 0.05) is 0 Å². The van der Waals surface area contributed by atoms with Gasteiger partial charge < -0.3 is 10.2 Å². The maximum atomic E-state index is 8.61. The van der Waals surface area contributed by atoms with Crippen LogP contribution in [0.25, 0.3) is 0 Å². The van der Waals surface area contributed by atoms with E-state index < -0.39 is 11.8 Å². The quantitative estimate of drug-likeness (QED) is 0.515. The van der Waals surface area contributed by atoms with Crippen molar-refractivity contribution in [3.8, 4) is 24.7 Å². The average Bonchev–Trinajstić information content (AvgIpc) is 2.00. The summed E-state index contributed by atoms with van der Waals surface area (Å²) in [6, 6.07) is 0. The highest BCUT2D eigenvalue weighted by Crippen LogP contribution is 2.07. The van der Waals surface area contributed by atoms with Crippen LogP contribution in [0, 0.1) is 36.5 Å². The number of terminal acetylenes is 2. The lowest BCUT2D eigenvalue weighted by atomic mass is 9.96. The summed E-state index contributed by atoms with van der Waals surface area (Å²) in [5, 5.41) is 17.2. The maximum absolute atomic E-state index is 8.61. The van der Waals surface area contributed by atoms with Gasteiger partial charge in [-0.05, 0) is 0 Å². The van der Waals surface area contributed by atoms with E-state index in [0.717, 1.165) is 0 Å². The van der Waals surface area contributed by atoms with Crippen LogP contribution in [0.3, 0.4) is 0 Å². The fraction of sp³-hybridized carbons (Fsp3) is 0.500. The van der Waals surface area contributed by atoms with Crippen LogP contribution in [0.5, 0.6) is 0 Å². The minimum absolute atomic E-state index is 0.175. The van der Waals surface area contributed by atoms with Crippen LogP contribution in [0.15, 0.2) is 0 Å². The summed E-state index contributed by atoms with van der Waals surface area (Å²) in [5.41, 5.74) is 0. The molecule has 0 fully saturated rings. The Kier molecular flexibility index (Phi) is 4.41. The van der Waals surface area contributed by atoms with Crippen LogP contribution < -0.4 is 0 Å². The monoisotopic (exact) mass is 138 g/mol. The molecule has 0 radical (unpaired) electrons. The first kappa shape index (κ1) is 9.04. The zero-order valence-electron chi connectivity index (χ0n) is 5.62. The Hall–Kier alpha value is -0.960. The third-order valence-electron chi connectivity index (χ3n) is 1.31. The molecule has 0 heterocycles. The van der Waals surface area contributed by atoms with Crippen LogP contribution >= 0.6 is 0 Å². The molecule has 0 rings (SSSR count). The summed E-state index contributed by atoms with van der Waals surface area (Å²) in [6.45, 7) is -0.349. The highest BCUT2D eigenvalue weighted by Gasteiger charge is 2.14. The average molecular weight is 138 g/mol. The van der Waals surface area contributed by atoms with Crippen molar-refractivity contribution in [2.24, 2.45) is 11.8 Å². The summed E-state index contributed by atoms with van der Waals surface area (Å²) in [4.78, 5) is 0. The molecule has 0 saturated carbocycles. The third-order valence-corrected chi connectivity index (χ3v) is 1.31. The van der Waals surface area contributed by atoms with E-state index in [1.165, 1.54) is 0 Å². The summed E-state index contributed by atoms with van der Waals surface area (Å²) in [5.74, 6) is 3.76. The van der Waals surface area contributed by atoms with Crippen molar-refractivity contribution >= 4 is 0 Å². The lowest BCUT2D eigenvalue weighted by molar-refractivity contribution is 0.180. The molecule has 2 nitrogen and oxygen atoms in total. The number of hydrogen-bond donors (Lipinski definition) is 2. The van der Waals surface area contributed by atoms with Crippen molar-refractivity contribution < 1.29 is 10.2 Å². The molecule has 2 atom stereocenters. The van der Waals surface area contributed by atoms with Gasteiger partial charge in [0.2, 0.25) is 0 Å². The van der Waals surface area contributed by atoms with Crippen LogP contribution in [0.1, 0.15) is 0 Å². The SMILES string of the molecule is C#CC(CO)C(C#C)CO. The summed E-state index contributed by atoms with van der Waals surface area (Å²) in [6.07, 6.45) is 10.0. The molecule has 0 aliphatic carbocycles. The Bertz CT molecular complexity index is 141. The lowest BCUT2D eigenvalue weighted by Crippen LogP contribution is -2.18. The summed E-state index contributed by atoms with van der Waals surface area (Å²) < 4.78 is 0. The Morgan fingerprint density at radius 3 is 1.40 bits per heavy atom. The molecule has 54 valence electrons. The number of hydrogen-bond acceptors (Lipinski definition) is 2. The Balaban J connectivity index is 4.02. The number of aliphatic hydroxyl groups is 2. The minimum atomic E-state index is -0.421. The molecule has 0 spiro atoms. The molecule has 0 saturated heterocycles. The first-order chi connectivity index (χ1) is 4.79. The number of rotatable bonds is 3. The van der Waals surface area contributed by atoms with Crippen LogP contribution in [0.4, 0.5) is 0 Å². The van der Waals surface area contributed by atoms with Crippen LogP contribution in [0.2, 0.25) is 0 Å². The molecule has 0 aromatic carbocycles. The molecule has 0 aliphatic rings. The van der Waals surface area contributed by atoms with Gasteiger partial charge in [0.1, 0.15) is 0 Å². The molecule has 0 amide bonds. The Morgan fingerprint density at radius 1 is 1.00 bits per heavy atom. The maximum Gasteiger partial charge on any atom is 0.0591 e. The topological polar surface area (TPSA) is 40.5 Å². The van der Waals surface area contributed by atoms with E-state index in [1.54, 1.807) is 0 Å². The highest BCUT2D eigenvalue weighted by molar-refractivity contribution is 5.06. The first-order valence-electron chi connectivity index (χ1n) is 2.94. The fourth-order valence-corrected chi connectivity index (χ4v) is 0.592. The van der Waals surface area contributed by atoms with E-state index in [-0.39, 0.29) is 13.2 Å². The summed E-state index contributed by atoms with van der Waals surface area (Å²) >= 11 is 0. The van der Waals surface area contributed by atoms with E-state index in [2.05, 4.69) is 11.8 Å². The largest absolute Gasteiger partial charge is 0.395 e. The van der Waals surface area contributed by atoms with Gasteiger partial charge in [-0.25, -0.2) is 0 Å². The van der Waals surface area contributed by atoms with E-state index in [4.69, 9.17) is 23.1 Å². The molecule has 2 unspecified atom stereocenters. The van der Waals surface area contributed by atoms with Crippen LogP contribution in [-0.4, -0.2) is 23.4 Å². The fourth-order valence-electron chi connectivity index (χ4n) is 0.592. The van der Waals surface area contributed by atoms with Crippen molar-refractivity contribution in [3.05, 3.63) is 0 Å². The predicted molar refractivity (Wildman–Crippen MR) is 38.8 cm³/mol. The molecular weight excluding hydrogens is 128 g/mol. The second-order valence-electron chi connectivity index (χ2n) is 1.91. The smallest absolute Gasteiger partial charge is 0.0591 e. The Morgan fingerprint density at radius 2 is 1.30 bits per heavy atom. The molecule has 2 heteroatoms. The van der Waals surface area contributed by atoms with Gasteiger partial charge in [0.05, 0.1) is 25.0 Å². The van der Waals surface area contributed by atoms with Gasteiger partial charge in [-0.1, -0.05) is 11.8 Å². The van der Waals surface area contributed by atoms with Crippen LogP contribution in [-0.2, 0) is 0 Å².